The predicted octanol–water partition coefficient (Wildman–Crippen LogP) is 3.10. The average Bonchev–Trinajstić information content (AvgIpc) is 2.98. The summed E-state index contributed by atoms with van der Waals surface area (Å²) in [6.45, 7) is 0.510. The molecule has 0 heterocycles. The van der Waals surface area contributed by atoms with Crippen molar-refractivity contribution < 1.29 is 9.53 Å². The molecule has 0 aromatic heterocycles. The normalized spacial score (nSPS) is 14.7. The number of nitrogens with one attached hydrogen (secondary N) is 1. The van der Waals surface area contributed by atoms with E-state index in [9.17, 15) is 4.79 Å². The largest absolute Gasteiger partial charge is 0.449 e. The van der Waals surface area contributed by atoms with Crippen LogP contribution in [0.2, 0.25) is 5.02 Å². The second kappa shape index (κ2) is 4.53. The molecule has 0 spiro atoms. The van der Waals surface area contributed by atoms with Gasteiger partial charge in [0.15, 0.2) is 0 Å². The van der Waals surface area contributed by atoms with Gasteiger partial charge in [-0.1, -0.05) is 11.6 Å². The maximum Gasteiger partial charge on any atom is 0.411 e. The molecule has 2 rings (SSSR count). The number of rotatable bonds is 3. The Balaban J connectivity index is 1.81. The molecule has 0 unspecified atom stereocenters. The number of amides is 1. The molecule has 1 radical (unpaired) electrons. The molecule has 4 heteroatoms. The van der Waals surface area contributed by atoms with Crippen molar-refractivity contribution in [2.24, 2.45) is 5.92 Å². The lowest BCUT2D eigenvalue weighted by Gasteiger charge is -2.06. The summed E-state index contributed by atoms with van der Waals surface area (Å²) in [5.74, 6) is 0.571. The van der Waals surface area contributed by atoms with Crippen molar-refractivity contribution in [3.8, 4) is 0 Å². The van der Waals surface area contributed by atoms with Crippen molar-refractivity contribution in [1.82, 2.24) is 0 Å². The fourth-order valence-electron chi connectivity index (χ4n) is 1.15. The molecule has 15 heavy (non-hydrogen) atoms. The molecule has 1 aliphatic carbocycles. The zero-order valence-electron chi connectivity index (χ0n) is 8.13. The van der Waals surface area contributed by atoms with E-state index in [2.05, 4.69) is 11.4 Å². The predicted molar refractivity (Wildman–Crippen MR) is 58.0 cm³/mol. The minimum atomic E-state index is -0.433. The number of carbonyl (C=O) groups is 1. The summed E-state index contributed by atoms with van der Waals surface area (Å²) in [5, 5.41) is 3.13. The average molecular weight is 225 g/mol. The summed E-state index contributed by atoms with van der Waals surface area (Å²) in [4.78, 5) is 11.3. The molecule has 1 fully saturated rings. The highest BCUT2D eigenvalue weighted by Crippen LogP contribution is 2.28. The van der Waals surface area contributed by atoms with Crippen LogP contribution < -0.4 is 5.32 Å². The molecule has 1 N–H and O–H groups in total. The van der Waals surface area contributed by atoms with E-state index >= 15 is 0 Å². The van der Waals surface area contributed by atoms with Gasteiger partial charge in [0.25, 0.3) is 0 Å². The molecule has 1 amide bonds. The number of benzene rings is 1. The number of ether oxygens (including phenoxy) is 1. The number of carbonyl (C=O) groups excluding carboxylic acids is 1. The number of hydrogen-bond donors (Lipinski definition) is 1. The SMILES string of the molecule is O=C(Nc1c[c]cc(Cl)c1)OCC1CC1. The first kappa shape index (κ1) is 10.3. The fourth-order valence-corrected chi connectivity index (χ4v) is 1.33. The van der Waals surface area contributed by atoms with Gasteiger partial charge in [0, 0.05) is 10.7 Å². The molecule has 0 bridgehead atoms. The maximum atomic E-state index is 11.3. The van der Waals surface area contributed by atoms with Crippen molar-refractivity contribution in [3.05, 3.63) is 29.3 Å². The van der Waals surface area contributed by atoms with Crippen molar-refractivity contribution >= 4 is 23.4 Å². The second-order valence-corrected chi connectivity index (χ2v) is 4.04. The Morgan fingerprint density at radius 2 is 2.40 bits per heavy atom. The van der Waals surface area contributed by atoms with Crippen LogP contribution in [0, 0.1) is 12.0 Å². The third-order valence-electron chi connectivity index (χ3n) is 2.15. The summed E-state index contributed by atoms with van der Waals surface area (Å²) in [5.41, 5.74) is 0.600. The Morgan fingerprint density at radius 1 is 1.60 bits per heavy atom. The first-order chi connectivity index (χ1) is 7.24. The monoisotopic (exact) mass is 224 g/mol. The van der Waals surface area contributed by atoms with Crippen LogP contribution in [0.15, 0.2) is 18.2 Å². The zero-order valence-corrected chi connectivity index (χ0v) is 8.88. The third kappa shape index (κ3) is 3.44. The van der Waals surface area contributed by atoms with Crippen LogP contribution in [0.5, 0.6) is 0 Å². The van der Waals surface area contributed by atoms with Crippen LogP contribution in [-0.2, 0) is 4.74 Å². The molecular weight excluding hydrogens is 214 g/mol. The van der Waals surface area contributed by atoms with E-state index in [0.29, 0.717) is 23.2 Å². The highest BCUT2D eigenvalue weighted by Gasteiger charge is 2.22. The van der Waals surface area contributed by atoms with Crippen LogP contribution in [0.4, 0.5) is 10.5 Å². The van der Waals surface area contributed by atoms with E-state index in [1.807, 2.05) is 0 Å². The van der Waals surface area contributed by atoms with Gasteiger partial charge in [0.05, 0.1) is 6.61 Å². The van der Waals surface area contributed by atoms with Gasteiger partial charge in [-0.3, -0.25) is 5.32 Å². The number of hydrogen-bond acceptors (Lipinski definition) is 2. The van der Waals surface area contributed by atoms with E-state index in [4.69, 9.17) is 16.3 Å². The van der Waals surface area contributed by atoms with Crippen LogP contribution >= 0.6 is 11.6 Å². The molecule has 1 aromatic carbocycles. The molecule has 1 aromatic rings. The van der Waals surface area contributed by atoms with Crippen LogP contribution in [0.1, 0.15) is 12.8 Å². The molecule has 3 nitrogen and oxygen atoms in total. The van der Waals surface area contributed by atoms with Crippen molar-refractivity contribution in [3.63, 3.8) is 0 Å². The summed E-state index contributed by atoms with van der Waals surface area (Å²) < 4.78 is 5.00. The lowest BCUT2D eigenvalue weighted by molar-refractivity contribution is 0.156. The second-order valence-electron chi connectivity index (χ2n) is 3.61. The topological polar surface area (TPSA) is 38.3 Å². The lowest BCUT2D eigenvalue weighted by atomic mass is 10.3. The molecule has 79 valence electrons. The highest BCUT2D eigenvalue weighted by molar-refractivity contribution is 6.30. The summed E-state index contributed by atoms with van der Waals surface area (Å²) in [6.07, 6.45) is 1.90. The molecule has 0 atom stereocenters. The van der Waals surface area contributed by atoms with E-state index in [1.54, 1.807) is 18.2 Å². The first-order valence-electron chi connectivity index (χ1n) is 4.84. The minimum Gasteiger partial charge on any atom is -0.449 e. The fraction of sp³-hybridized carbons (Fsp3) is 0.364. The smallest absolute Gasteiger partial charge is 0.411 e. The Kier molecular flexibility index (Phi) is 3.11. The van der Waals surface area contributed by atoms with Gasteiger partial charge in [0.2, 0.25) is 0 Å². The summed E-state index contributed by atoms with van der Waals surface area (Å²) in [6, 6.07) is 7.73. The van der Waals surface area contributed by atoms with Crippen molar-refractivity contribution in [2.75, 3.05) is 11.9 Å². The maximum absolute atomic E-state index is 11.3. The molecule has 1 saturated carbocycles. The van der Waals surface area contributed by atoms with Crippen molar-refractivity contribution in [2.45, 2.75) is 12.8 Å². The number of halogens is 1. The summed E-state index contributed by atoms with van der Waals surface area (Å²) >= 11 is 5.74. The molecule has 0 saturated heterocycles. The standard InChI is InChI=1S/C11H11ClNO2/c12-9-2-1-3-10(6-9)13-11(14)15-7-8-4-5-8/h2-3,6,8H,4-5,7H2,(H,13,14). The van der Waals surface area contributed by atoms with Gasteiger partial charge in [-0.25, -0.2) is 4.79 Å². The van der Waals surface area contributed by atoms with Gasteiger partial charge >= 0.3 is 6.09 Å². The molecule has 1 aliphatic rings. The van der Waals surface area contributed by atoms with Gasteiger partial charge in [-0.15, -0.1) is 0 Å². The van der Waals surface area contributed by atoms with Crippen LogP contribution in [0.3, 0.4) is 0 Å². The van der Waals surface area contributed by atoms with Crippen LogP contribution in [-0.4, -0.2) is 12.7 Å². The Labute approximate surface area is 93.4 Å². The third-order valence-corrected chi connectivity index (χ3v) is 2.37. The molecule has 0 aliphatic heterocycles. The van der Waals surface area contributed by atoms with E-state index < -0.39 is 6.09 Å². The van der Waals surface area contributed by atoms with Gasteiger partial charge < -0.3 is 4.74 Å². The van der Waals surface area contributed by atoms with Gasteiger partial charge in [-0.05, 0) is 43.0 Å². The Bertz CT molecular complexity index is 363. The van der Waals surface area contributed by atoms with E-state index in [1.165, 1.54) is 0 Å². The van der Waals surface area contributed by atoms with Gasteiger partial charge in [0.1, 0.15) is 0 Å². The highest BCUT2D eigenvalue weighted by atomic mass is 35.5. The van der Waals surface area contributed by atoms with Gasteiger partial charge in [-0.2, -0.15) is 0 Å². The minimum absolute atomic E-state index is 0.433. The lowest BCUT2D eigenvalue weighted by Crippen LogP contribution is -2.14. The quantitative estimate of drug-likeness (QED) is 0.857. The number of anilines is 1. The Morgan fingerprint density at radius 3 is 3.07 bits per heavy atom. The molecular formula is C11H11ClNO2. The first-order valence-corrected chi connectivity index (χ1v) is 5.22. The van der Waals surface area contributed by atoms with E-state index in [-0.39, 0.29) is 0 Å². The summed E-state index contributed by atoms with van der Waals surface area (Å²) in [7, 11) is 0. The van der Waals surface area contributed by atoms with Crippen molar-refractivity contribution in [1.29, 1.82) is 0 Å². The zero-order chi connectivity index (χ0) is 10.7. The van der Waals surface area contributed by atoms with Crippen LogP contribution in [0.25, 0.3) is 0 Å². The Hall–Kier alpha value is -1.22. The van der Waals surface area contributed by atoms with E-state index in [0.717, 1.165) is 12.8 Å².